The molecule has 6 heteroatoms. The van der Waals surface area contributed by atoms with Gasteiger partial charge in [0.15, 0.2) is 0 Å². The number of hydrogen-bond donors (Lipinski definition) is 1. The Kier molecular flexibility index (Phi) is 5.56. The van der Waals surface area contributed by atoms with Crippen molar-refractivity contribution in [3.8, 4) is 0 Å². The molecule has 6 nitrogen and oxygen atoms in total. The van der Waals surface area contributed by atoms with Gasteiger partial charge >= 0.3 is 0 Å². The highest BCUT2D eigenvalue weighted by atomic mass is 16.5. The van der Waals surface area contributed by atoms with E-state index in [2.05, 4.69) is 49.4 Å². The van der Waals surface area contributed by atoms with Crippen molar-refractivity contribution < 1.29 is 4.74 Å². The molecule has 0 bridgehead atoms. The molecule has 156 valence electrons. The van der Waals surface area contributed by atoms with E-state index < -0.39 is 0 Å². The zero-order chi connectivity index (χ0) is 21.0. The third kappa shape index (κ3) is 4.40. The quantitative estimate of drug-likeness (QED) is 0.516. The molecule has 0 radical (unpaired) electrons. The fourth-order valence-corrected chi connectivity index (χ4v) is 3.99. The largest absolute Gasteiger partial charge is 0.369 e. The van der Waals surface area contributed by atoms with Crippen molar-refractivity contribution >= 4 is 22.4 Å². The van der Waals surface area contributed by atoms with Crippen molar-refractivity contribution in [1.82, 2.24) is 19.9 Å². The van der Waals surface area contributed by atoms with Gasteiger partial charge in [0, 0.05) is 37.4 Å². The van der Waals surface area contributed by atoms with E-state index in [1.165, 1.54) is 10.9 Å². The summed E-state index contributed by atoms with van der Waals surface area (Å²) < 4.78 is 6.05. The second kappa shape index (κ2) is 8.79. The van der Waals surface area contributed by atoms with Gasteiger partial charge in [0.1, 0.15) is 11.9 Å². The van der Waals surface area contributed by atoms with Crippen LogP contribution in [-0.4, -0.2) is 39.5 Å². The van der Waals surface area contributed by atoms with E-state index in [0.29, 0.717) is 6.61 Å². The Labute approximate surface area is 181 Å². The smallest absolute Gasteiger partial charge is 0.133 e. The molecule has 1 aliphatic rings. The second-order valence-electron chi connectivity index (χ2n) is 7.85. The fraction of sp³-hybridized carbons (Fsp3) is 0.240. The highest BCUT2D eigenvalue weighted by molar-refractivity contribution is 5.81. The molecule has 0 saturated carbocycles. The number of hydrogen-bond acceptors (Lipinski definition) is 6. The number of anilines is 2. The summed E-state index contributed by atoms with van der Waals surface area (Å²) in [6, 6.07) is 18.5. The van der Waals surface area contributed by atoms with E-state index in [9.17, 15) is 0 Å². The molecule has 1 aromatic carbocycles. The first-order chi connectivity index (χ1) is 15.3. The number of nitrogens with zero attached hydrogens (tertiary/aromatic N) is 4. The van der Waals surface area contributed by atoms with Gasteiger partial charge in [0.05, 0.1) is 29.7 Å². The second-order valence-corrected chi connectivity index (χ2v) is 7.85. The molecule has 1 atom stereocenters. The molecule has 0 amide bonds. The summed E-state index contributed by atoms with van der Waals surface area (Å²) in [7, 11) is 0. The number of pyridine rings is 3. The van der Waals surface area contributed by atoms with Crippen LogP contribution in [0.1, 0.15) is 22.9 Å². The lowest BCUT2D eigenvalue weighted by atomic mass is 10.1. The molecule has 5 rings (SSSR count). The normalized spacial score (nSPS) is 17.0. The SMILES string of the molecule is Cc1cccnc1Nc1ccc(C2CN(Cc3cccc4ncccc34)CCO2)nc1. The van der Waals surface area contributed by atoms with E-state index in [4.69, 9.17) is 4.74 Å². The predicted octanol–water partition coefficient (Wildman–Crippen LogP) is 4.65. The van der Waals surface area contributed by atoms with Crippen molar-refractivity contribution in [3.05, 3.63) is 90.0 Å². The molecule has 31 heavy (non-hydrogen) atoms. The van der Waals surface area contributed by atoms with Gasteiger partial charge in [-0.3, -0.25) is 14.9 Å². The van der Waals surface area contributed by atoms with Gasteiger partial charge in [-0.25, -0.2) is 4.98 Å². The van der Waals surface area contributed by atoms with Crippen LogP contribution in [0.2, 0.25) is 0 Å². The molecule has 0 spiro atoms. The maximum absolute atomic E-state index is 6.05. The maximum atomic E-state index is 6.05. The number of aryl methyl sites for hydroxylation is 1. The van der Waals surface area contributed by atoms with Crippen LogP contribution in [0.15, 0.2) is 73.2 Å². The third-order valence-electron chi connectivity index (χ3n) is 5.67. The Bertz CT molecular complexity index is 1170. The van der Waals surface area contributed by atoms with Crippen LogP contribution < -0.4 is 5.32 Å². The number of ether oxygens (including phenoxy) is 1. The van der Waals surface area contributed by atoms with Gasteiger partial charge in [-0.1, -0.05) is 24.3 Å². The van der Waals surface area contributed by atoms with Crippen molar-refractivity contribution in [2.24, 2.45) is 0 Å². The maximum Gasteiger partial charge on any atom is 0.133 e. The Hall–Kier alpha value is -3.35. The van der Waals surface area contributed by atoms with Gasteiger partial charge in [-0.15, -0.1) is 0 Å². The van der Waals surface area contributed by atoms with Crippen LogP contribution in [0.5, 0.6) is 0 Å². The molecule has 1 N–H and O–H groups in total. The summed E-state index contributed by atoms with van der Waals surface area (Å²) >= 11 is 0. The highest BCUT2D eigenvalue weighted by Crippen LogP contribution is 2.25. The number of rotatable bonds is 5. The summed E-state index contributed by atoms with van der Waals surface area (Å²) in [5, 5.41) is 4.54. The minimum absolute atomic E-state index is 0.0347. The first-order valence-electron chi connectivity index (χ1n) is 10.6. The molecular formula is C25H25N5O. The molecule has 4 aromatic rings. The van der Waals surface area contributed by atoms with Crippen LogP contribution in [0.25, 0.3) is 10.9 Å². The molecular weight excluding hydrogens is 386 g/mol. The van der Waals surface area contributed by atoms with Gasteiger partial charge in [0.2, 0.25) is 0 Å². The van der Waals surface area contributed by atoms with E-state index in [0.717, 1.165) is 47.9 Å². The summed E-state index contributed by atoms with van der Waals surface area (Å²) in [6.07, 6.45) is 5.44. The first kappa shape index (κ1) is 19.6. The van der Waals surface area contributed by atoms with Crippen LogP contribution >= 0.6 is 0 Å². The summed E-state index contributed by atoms with van der Waals surface area (Å²) in [4.78, 5) is 16.0. The topological polar surface area (TPSA) is 63.2 Å². The van der Waals surface area contributed by atoms with E-state index in [1.54, 1.807) is 6.20 Å². The number of benzene rings is 1. The summed E-state index contributed by atoms with van der Waals surface area (Å²) in [6.45, 7) is 5.33. The Balaban J connectivity index is 1.27. The zero-order valence-electron chi connectivity index (χ0n) is 17.5. The molecule has 3 aromatic heterocycles. The average molecular weight is 412 g/mol. The molecule has 1 aliphatic heterocycles. The molecule has 0 aliphatic carbocycles. The van der Waals surface area contributed by atoms with Gasteiger partial charge < -0.3 is 10.1 Å². The van der Waals surface area contributed by atoms with Crippen molar-refractivity contribution in [2.75, 3.05) is 25.0 Å². The Morgan fingerprint density at radius 1 is 1.00 bits per heavy atom. The van der Waals surface area contributed by atoms with Crippen LogP contribution in [0, 0.1) is 6.92 Å². The molecule has 1 unspecified atom stereocenters. The van der Waals surface area contributed by atoms with Gasteiger partial charge in [0.25, 0.3) is 0 Å². The third-order valence-corrected chi connectivity index (χ3v) is 5.67. The number of fused-ring (bicyclic) bond motifs is 1. The minimum atomic E-state index is -0.0347. The standard InChI is InChI=1S/C25H25N5O/c1-18-5-3-12-27-25(18)29-20-9-10-23(28-15-20)24-17-30(13-14-31-24)16-19-6-2-8-22-21(19)7-4-11-26-22/h2-12,15,24H,13-14,16-17H2,1H3,(H,27,29). The van der Waals surface area contributed by atoms with Crippen LogP contribution in [0.3, 0.4) is 0 Å². The minimum Gasteiger partial charge on any atom is -0.369 e. The Morgan fingerprint density at radius 3 is 2.77 bits per heavy atom. The number of nitrogens with one attached hydrogen (secondary N) is 1. The van der Waals surface area contributed by atoms with Crippen molar-refractivity contribution in [3.63, 3.8) is 0 Å². The van der Waals surface area contributed by atoms with Gasteiger partial charge in [-0.2, -0.15) is 0 Å². The summed E-state index contributed by atoms with van der Waals surface area (Å²) in [5.41, 5.74) is 5.30. The van der Waals surface area contributed by atoms with E-state index in [1.807, 2.05) is 49.6 Å². The molecule has 1 saturated heterocycles. The van der Waals surface area contributed by atoms with E-state index >= 15 is 0 Å². The Morgan fingerprint density at radius 2 is 1.90 bits per heavy atom. The lowest BCUT2D eigenvalue weighted by molar-refractivity contribution is -0.0348. The van der Waals surface area contributed by atoms with Crippen LogP contribution in [-0.2, 0) is 11.3 Å². The lowest BCUT2D eigenvalue weighted by Gasteiger charge is -2.33. The predicted molar refractivity (Wildman–Crippen MR) is 122 cm³/mol. The molecule has 1 fully saturated rings. The van der Waals surface area contributed by atoms with Gasteiger partial charge in [-0.05, 0) is 48.4 Å². The first-order valence-corrected chi connectivity index (χ1v) is 10.6. The highest BCUT2D eigenvalue weighted by Gasteiger charge is 2.23. The number of morpholine rings is 1. The average Bonchev–Trinajstić information content (AvgIpc) is 2.82. The van der Waals surface area contributed by atoms with Crippen LogP contribution in [0.4, 0.5) is 11.5 Å². The monoisotopic (exact) mass is 411 g/mol. The lowest BCUT2D eigenvalue weighted by Crippen LogP contribution is -2.38. The fourth-order valence-electron chi connectivity index (χ4n) is 3.99. The zero-order valence-corrected chi connectivity index (χ0v) is 17.5. The summed E-state index contributed by atoms with van der Waals surface area (Å²) in [5.74, 6) is 0.849. The molecule has 4 heterocycles. The van der Waals surface area contributed by atoms with E-state index in [-0.39, 0.29) is 6.10 Å². The van der Waals surface area contributed by atoms with Crippen molar-refractivity contribution in [1.29, 1.82) is 0 Å². The number of aromatic nitrogens is 3. The van der Waals surface area contributed by atoms with Crippen molar-refractivity contribution in [2.45, 2.75) is 19.6 Å².